The average Bonchev–Trinajstić information content (AvgIpc) is 2.78. The van der Waals surface area contributed by atoms with Crippen LogP contribution >= 0.6 is 0 Å². The van der Waals surface area contributed by atoms with E-state index in [2.05, 4.69) is 10.5 Å². The number of nitrogens with zero attached hydrogens (tertiary/aromatic N) is 2. The lowest BCUT2D eigenvalue weighted by Gasteiger charge is -2.09. The maximum absolute atomic E-state index is 12.3. The number of hydrazone groups is 1. The Balaban J connectivity index is 1.64. The third-order valence-corrected chi connectivity index (χ3v) is 4.18. The number of hydrogen-bond donors (Lipinski definition) is 1. The number of non-ortho nitro benzene ring substituents is 1. The van der Waals surface area contributed by atoms with Crippen molar-refractivity contribution < 1.29 is 19.2 Å². The Bertz CT molecular complexity index is 1060. The van der Waals surface area contributed by atoms with Crippen molar-refractivity contribution >= 4 is 17.8 Å². The quantitative estimate of drug-likeness (QED) is 0.347. The molecule has 0 aromatic heterocycles. The summed E-state index contributed by atoms with van der Waals surface area (Å²) < 4.78 is 11.0. The second-order valence-electron chi connectivity index (χ2n) is 6.15. The van der Waals surface area contributed by atoms with E-state index in [0.29, 0.717) is 22.6 Å². The molecule has 8 nitrogen and oxygen atoms in total. The van der Waals surface area contributed by atoms with E-state index in [4.69, 9.17) is 9.47 Å². The van der Waals surface area contributed by atoms with Gasteiger partial charge in [-0.3, -0.25) is 14.9 Å². The van der Waals surface area contributed by atoms with Gasteiger partial charge < -0.3 is 9.47 Å². The van der Waals surface area contributed by atoms with E-state index in [-0.39, 0.29) is 12.3 Å². The zero-order valence-corrected chi connectivity index (χ0v) is 16.1. The van der Waals surface area contributed by atoms with Gasteiger partial charge >= 0.3 is 0 Å². The number of nitro benzene ring substituents is 1. The van der Waals surface area contributed by atoms with Crippen molar-refractivity contribution in [2.24, 2.45) is 5.10 Å². The van der Waals surface area contributed by atoms with Gasteiger partial charge in [0.1, 0.15) is 18.1 Å². The first-order valence-corrected chi connectivity index (χ1v) is 9.00. The minimum atomic E-state index is -0.449. The summed E-state index contributed by atoms with van der Waals surface area (Å²) in [5, 5.41) is 14.7. The molecular weight excluding hydrogens is 386 g/mol. The van der Waals surface area contributed by atoms with Gasteiger partial charge in [-0.05, 0) is 42.0 Å². The first kappa shape index (κ1) is 20.5. The number of nitrogens with one attached hydrogen (secondary N) is 1. The van der Waals surface area contributed by atoms with E-state index < -0.39 is 10.8 Å². The minimum absolute atomic E-state index is 0.0251. The van der Waals surface area contributed by atoms with Gasteiger partial charge in [-0.25, -0.2) is 5.43 Å². The highest BCUT2D eigenvalue weighted by Crippen LogP contribution is 2.19. The van der Waals surface area contributed by atoms with Crippen LogP contribution < -0.4 is 14.9 Å². The molecule has 3 aromatic rings. The first-order valence-electron chi connectivity index (χ1n) is 9.00. The van der Waals surface area contributed by atoms with Crippen LogP contribution in [0.25, 0.3) is 0 Å². The van der Waals surface area contributed by atoms with E-state index in [1.54, 1.807) is 48.5 Å². The van der Waals surface area contributed by atoms with E-state index in [0.717, 1.165) is 5.56 Å². The molecular formula is C22H19N3O5. The maximum Gasteiger partial charge on any atom is 0.275 e. The zero-order chi connectivity index (χ0) is 21.3. The molecule has 1 N–H and O–H groups in total. The molecule has 0 unspecified atom stereocenters. The average molecular weight is 405 g/mol. The summed E-state index contributed by atoms with van der Waals surface area (Å²) in [4.78, 5) is 22.6. The van der Waals surface area contributed by atoms with Gasteiger partial charge in [0.15, 0.2) is 0 Å². The van der Waals surface area contributed by atoms with Crippen LogP contribution in [0.5, 0.6) is 11.5 Å². The third-order valence-electron chi connectivity index (χ3n) is 4.18. The van der Waals surface area contributed by atoms with Crippen molar-refractivity contribution in [1.29, 1.82) is 0 Å². The SMILES string of the molecule is COc1ccccc1C(=O)N/N=C/c1ccccc1OCc1ccc([N+](=O)[O-])cc1. The summed E-state index contributed by atoms with van der Waals surface area (Å²) >= 11 is 0. The smallest absolute Gasteiger partial charge is 0.275 e. The van der Waals surface area contributed by atoms with Crippen molar-refractivity contribution in [3.8, 4) is 11.5 Å². The molecule has 0 saturated heterocycles. The normalized spacial score (nSPS) is 10.6. The van der Waals surface area contributed by atoms with Crippen LogP contribution in [0, 0.1) is 10.1 Å². The fraction of sp³-hybridized carbons (Fsp3) is 0.0909. The van der Waals surface area contributed by atoms with E-state index in [1.807, 2.05) is 12.1 Å². The second-order valence-corrected chi connectivity index (χ2v) is 6.15. The Labute approximate surface area is 172 Å². The predicted octanol–water partition coefficient (Wildman–Crippen LogP) is 3.95. The molecule has 0 radical (unpaired) electrons. The fourth-order valence-electron chi connectivity index (χ4n) is 2.65. The van der Waals surface area contributed by atoms with Gasteiger partial charge in [-0.2, -0.15) is 5.10 Å². The van der Waals surface area contributed by atoms with Crippen molar-refractivity contribution in [2.75, 3.05) is 7.11 Å². The third kappa shape index (κ3) is 5.20. The Kier molecular flexibility index (Phi) is 6.73. The van der Waals surface area contributed by atoms with Crippen molar-refractivity contribution in [3.63, 3.8) is 0 Å². The van der Waals surface area contributed by atoms with Gasteiger partial charge in [0.05, 0.1) is 23.8 Å². The Morgan fingerprint density at radius 1 is 1.03 bits per heavy atom. The lowest BCUT2D eigenvalue weighted by molar-refractivity contribution is -0.384. The largest absolute Gasteiger partial charge is 0.496 e. The van der Waals surface area contributed by atoms with Crippen molar-refractivity contribution in [2.45, 2.75) is 6.61 Å². The number of hydrogen-bond acceptors (Lipinski definition) is 6. The topological polar surface area (TPSA) is 103 Å². The molecule has 30 heavy (non-hydrogen) atoms. The number of para-hydroxylation sites is 2. The first-order chi connectivity index (χ1) is 14.6. The van der Waals surface area contributed by atoms with Crippen LogP contribution in [-0.4, -0.2) is 24.2 Å². The van der Waals surface area contributed by atoms with E-state index in [9.17, 15) is 14.9 Å². The van der Waals surface area contributed by atoms with Crippen LogP contribution in [0.2, 0.25) is 0 Å². The number of methoxy groups -OCH3 is 1. The number of ether oxygens (including phenoxy) is 2. The molecule has 0 atom stereocenters. The molecule has 0 aliphatic carbocycles. The van der Waals surface area contributed by atoms with Crippen LogP contribution in [-0.2, 0) is 6.61 Å². The molecule has 0 spiro atoms. The lowest BCUT2D eigenvalue weighted by Crippen LogP contribution is -2.18. The van der Waals surface area contributed by atoms with Crippen LogP contribution in [0.4, 0.5) is 5.69 Å². The summed E-state index contributed by atoms with van der Waals surface area (Å²) in [6.45, 7) is 0.233. The summed E-state index contributed by atoms with van der Waals surface area (Å²) in [5.41, 5.74) is 4.33. The molecule has 0 heterocycles. The Hall–Kier alpha value is -4.20. The highest BCUT2D eigenvalue weighted by Gasteiger charge is 2.10. The number of nitro groups is 1. The molecule has 3 rings (SSSR count). The predicted molar refractivity (Wildman–Crippen MR) is 112 cm³/mol. The number of carbonyl (C=O) groups excluding carboxylic acids is 1. The van der Waals surface area contributed by atoms with Crippen LogP contribution in [0.1, 0.15) is 21.5 Å². The maximum atomic E-state index is 12.3. The Morgan fingerprint density at radius 3 is 2.40 bits per heavy atom. The highest BCUT2D eigenvalue weighted by molar-refractivity contribution is 5.97. The van der Waals surface area contributed by atoms with Gasteiger partial charge in [-0.1, -0.05) is 24.3 Å². The molecule has 0 fully saturated rings. The summed E-state index contributed by atoms with van der Waals surface area (Å²) in [6.07, 6.45) is 1.48. The van der Waals surface area contributed by atoms with Gasteiger partial charge in [-0.15, -0.1) is 0 Å². The molecule has 0 aliphatic rings. The number of carbonyl (C=O) groups is 1. The van der Waals surface area contributed by atoms with Gasteiger partial charge in [0.2, 0.25) is 0 Å². The standard InChI is InChI=1S/C22H19N3O5/c1-29-21-9-5-3-7-19(21)22(26)24-23-14-17-6-2-4-8-20(17)30-15-16-10-12-18(13-11-16)25(27)28/h2-14H,15H2,1H3,(H,24,26)/b23-14+. The highest BCUT2D eigenvalue weighted by atomic mass is 16.6. The monoisotopic (exact) mass is 405 g/mol. The number of benzene rings is 3. The molecule has 3 aromatic carbocycles. The van der Waals surface area contributed by atoms with Gasteiger partial charge in [0, 0.05) is 17.7 Å². The van der Waals surface area contributed by atoms with Crippen LogP contribution in [0.3, 0.4) is 0 Å². The molecule has 0 bridgehead atoms. The van der Waals surface area contributed by atoms with Crippen molar-refractivity contribution in [1.82, 2.24) is 5.43 Å². The van der Waals surface area contributed by atoms with Crippen molar-refractivity contribution in [3.05, 3.63) is 99.6 Å². The second kappa shape index (κ2) is 9.83. The summed E-state index contributed by atoms with van der Waals surface area (Å²) in [7, 11) is 1.49. The summed E-state index contributed by atoms with van der Waals surface area (Å²) in [5.74, 6) is 0.621. The van der Waals surface area contributed by atoms with Crippen LogP contribution in [0.15, 0.2) is 77.9 Å². The molecule has 0 aliphatic heterocycles. The zero-order valence-electron chi connectivity index (χ0n) is 16.1. The summed E-state index contributed by atoms with van der Waals surface area (Å²) in [6, 6.07) is 20.2. The van der Waals surface area contributed by atoms with Gasteiger partial charge in [0.25, 0.3) is 11.6 Å². The minimum Gasteiger partial charge on any atom is -0.496 e. The number of amides is 1. The molecule has 1 amide bonds. The Morgan fingerprint density at radius 2 is 1.70 bits per heavy atom. The van der Waals surface area contributed by atoms with E-state index >= 15 is 0 Å². The molecule has 0 saturated carbocycles. The fourth-order valence-corrected chi connectivity index (χ4v) is 2.65. The van der Waals surface area contributed by atoms with E-state index in [1.165, 1.54) is 25.5 Å². The number of rotatable bonds is 8. The lowest BCUT2D eigenvalue weighted by atomic mass is 10.2. The molecule has 8 heteroatoms. The molecule has 152 valence electrons.